The molecule has 18 heavy (non-hydrogen) atoms. The van der Waals surface area contributed by atoms with Crippen molar-refractivity contribution in [3.8, 4) is 0 Å². The van der Waals surface area contributed by atoms with E-state index in [-0.39, 0.29) is 11.1 Å². The summed E-state index contributed by atoms with van der Waals surface area (Å²) in [6, 6.07) is 9.64. The molecule has 1 aliphatic rings. The molecule has 1 fully saturated rings. The van der Waals surface area contributed by atoms with E-state index in [9.17, 15) is 4.79 Å². The molecule has 3 rings (SSSR count). The highest BCUT2D eigenvalue weighted by Gasteiger charge is 2.28. The summed E-state index contributed by atoms with van der Waals surface area (Å²) >= 11 is 0. The van der Waals surface area contributed by atoms with Crippen molar-refractivity contribution in [3.05, 3.63) is 40.7 Å². The van der Waals surface area contributed by atoms with E-state index in [1.165, 1.54) is 0 Å². The molecule has 94 valence electrons. The maximum Gasteiger partial charge on any atom is 0.257 e. The number of aromatic amines is 1. The third kappa shape index (κ3) is 1.99. The van der Waals surface area contributed by atoms with Gasteiger partial charge < -0.3 is 15.6 Å². The van der Waals surface area contributed by atoms with Crippen molar-refractivity contribution in [2.24, 2.45) is 0 Å². The lowest BCUT2D eigenvalue weighted by Crippen LogP contribution is -2.37. The van der Waals surface area contributed by atoms with Crippen LogP contribution in [0, 0.1) is 0 Å². The molecule has 1 saturated heterocycles. The quantitative estimate of drug-likeness (QED) is 0.752. The third-order valence-corrected chi connectivity index (χ3v) is 3.56. The first kappa shape index (κ1) is 11.3. The van der Waals surface area contributed by atoms with Crippen molar-refractivity contribution >= 4 is 16.6 Å². The molecule has 0 radical (unpaired) electrons. The molecular weight excluding hydrogens is 226 g/mol. The smallest absolute Gasteiger partial charge is 0.257 e. The van der Waals surface area contributed by atoms with E-state index in [2.05, 4.69) is 22.5 Å². The fourth-order valence-corrected chi connectivity index (χ4v) is 2.53. The van der Waals surface area contributed by atoms with Crippen molar-refractivity contribution in [2.75, 3.05) is 18.4 Å². The van der Waals surface area contributed by atoms with Gasteiger partial charge >= 0.3 is 0 Å². The number of fused-ring (bicyclic) bond motifs is 1. The average Bonchev–Trinajstić information content (AvgIpc) is 2.76. The number of hydrogen-bond donors (Lipinski definition) is 3. The van der Waals surface area contributed by atoms with E-state index >= 15 is 0 Å². The zero-order valence-electron chi connectivity index (χ0n) is 10.4. The summed E-state index contributed by atoms with van der Waals surface area (Å²) in [6.07, 6.45) is 1.06. The highest BCUT2D eigenvalue weighted by atomic mass is 16.1. The zero-order valence-corrected chi connectivity index (χ0v) is 10.4. The van der Waals surface area contributed by atoms with Crippen LogP contribution in [0.2, 0.25) is 0 Å². The Labute approximate surface area is 105 Å². The van der Waals surface area contributed by atoms with Gasteiger partial charge in [0.05, 0.1) is 0 Å². The first-order valence-electron chi connectivity index (χ1n) is 6.27. The molecule has 0 bridgehead atoms. The van der Waals surface area contributed by atoms with Gasteiger partial charge in [-0.3, -0.25) is 4.79 Å². The number of H-pyrrole nitrogens is 1. The van der Waals surface area contributed by atoms with Crippen LogP contribution >= 0.6 is 0 Å². The Hall–Kier alpha value is -1.81. The highest BCUT2D eigenvalue weighted by Crippen LogP contribution is 2.21. The second-order valence-electron chi connectivity index (χ2n) is 5.21. The maximum absolute atomic E-state index is 12.0. The average molecular weight is 243 g/mol. The van der Waals surface area contributed by atoms with Gasteiger partial charge in [-0.05, 0) is 37.4 Å². The Morgan fingerprint density at radius 3 is 2.94 bits per heavy atom. The van der Waals surface area contributed by atoms with E-state index in [0.29, 0.717) is 0 Å². The van der Waals surface area contributed by atoms with Crippen molar-refractivity contribution in [3.63, 3.8) is 0 Å². The summed E-state index contributed by atoms with van der Waals surface area (Å²) in [5.41, 5.74) is -0.0176. The number of nitrogens with one attached hydrogen (secondary N) is 3. The van der Waals surface area contributed by atoms with Crippen LogP contribution in [0.5, 0.6) is 0 Å². The highest BCUT2D eigenvalue weighted by molar-refractivity contribution is 5.83. The van der Waals surface area contributed by atoms with Crippen LogP contribution in [-0.2, 0) is 0 Å². The molecule has 2 aromatic rings. The Bertz CT molecular complexity index is 626. The maximum atomic E-state index is 12.0. The van der Waals surface area contributed by atoms with Gasteiger partial charge in [-0.25, -0.2) is 0 Å². The number of anilines is 1. The van der Waals surface area contributed by atoms with Gasteiger partial charge in [0.1, 0.15) is 5.82 Å². The predicted octanol–water partition coefficient (Wildman–Crippen LogP) is 1.69. The molecule has 0 aliphatic carbocycles. The topological polar surface area (TPSA) is 56.9 Å². The van der Waals surface area contributed by atoms with Crippen molar-refractivity contribution in [1.82, 2.24) is 10.3 Å². The molecule has 0 spiro atoms. The van der Waals surface area contributed by atoms with Crippen LogP contribution < -0.4 is 16.2 Å². The minimum Gasteiger partial charge on any atom is -0.365 e. The van der Waals surface area contributed by atoms with Crippen LogP contribution in [-0.4, -0.2) is 23.6 Å². The fraction of sp³-hybridized carbons (Fsp3) is 0.357. The van der Waals surface area contributed by atoms with Crippen LogP contribution in [0.25, 0.3) is 10.8 Å². The molecule has 2 heterocycles. The minimum atomic E-state index is -0.0369. The van der Waals surface area contributed by atoms with Crippen molar-refractivity contribution in [2.45, 2.75) is 18.9 Å². The van der Waals surface area contributed by atoms with Gasteiger partial charge in [-0.15, -0.1) is 0 Å². The molecule has 1 aromatic heterocycles. The molecule has 0 amide bonds. The largest absolute Gasteiger partial charge is 0.365 e. The molecule has 1 unspecified atom stereocenters. The van der Waals surface area contributed by atoms with E-state index in [4.69, 9.17) is 0 Å². The van der Waals surface area contributed by atoms with Crippen molar-refractivity contribution < 1.29 is 0 Å². The molecule has 1 aliphatic heterocycles. The van der Waals surface area contributed by atoms with Gasteiger partial charge in [0, 0.05) is 17.5 Å². The van der Waals surface area contributed by atoms with Gasteiger partial charge in [0.2, 0.25) is 0 Å². The predicted molar refractivity (Wildman–Crippen MR) is 74.1 cm³/mol. The molecule has 0 saturated carbocycles. The lowest BCUT2D eigenvalue weighted by molar-refractivity contribution is 0.564. The lowest BCUT2D eigenvalue weighted by Gasteiger charge is -2.25. The summed E-state index contributed by atoms with van der Waals surface area (Å²) in [6.45, 7) is 4.10. The standard InChI is InChI=1S/C14H17N3O/c1-14(6-7-15-9-14)17-12-8-10-4-2-3-5-11(10)13(18)16-12/h2-5,8,15H,6-7,9H2,1H3,(H2,16,17,18). The Morgan fingerprint density at radius 2 is 2.17 bits per heavy atom. The summed E-state index contributed by atoms with van der Waals surface area (Å²) in [5, 5.41) is 8.47. The molecule has 4 heteroatoms. The monoisotopic (exact) mass is 243 g/mol. The van der Waals surface area contributed by atoms with Crippen LogP contribution in [0.4, 0.5) is 5.82 Å². The number of rotatable bonds is 2. The van der Waals surface area contributed by atoms with Crippen LogP contribution in [0.1, 0.15) is 13.3 Å². The van der Waals surface area contributed by atoms with Gasteiger partial charge in [-0.2, -0.15) is 0 Å². The third-order valence-electron chi connectivity index (χ3n) is 3.56. The molecule has 3 N–H and O–H groups in total. The van der Waals surface area contributed by atoms with Crippen molar-refractivity contribution in [1.29, 1.82) is 0 Å². The van der Waals surface area contributed by atoms with Gasteiger partial charge in [-0.1, -0.05) is 18.2 Å². The van der Waals surface area contributed by atoms with E-state index in [1.807, 2.05) is 30.3 Å². The van der Waals surface area contributed by atoms with Gasteiger partial charge in [0.25, 0.3) is 5.56 Å². The number of pyridine rings is 1. The summed E-state index contributed by atoms with van der Waals surface area (Å²) in [4.78, 5) is 14.9. The lowest BCUT2D eigenvalue weighted by atomic mass is 10.0. The van der Waals surface area contributed by atoms with E-state index in [0.717, 1.165) is 36.1 Å². The van der Waals surface area contributed by atoms with E-state index < -0.39 is 0 Å². The first-order chi connectivity index (χ1) is 8.66. The number of aromatic nitrogens is 1. The first-order valence-corrected chi connectivity index (χ1v) is 6.27. The zero-order chi connectivity index (χ0) is 12.6. The SMILES string of the molecule is CC1(Nc2cc3ccccc3c(=O)[nH]2)CCNC1. The van der Waals surface area contributed by atoms with Crippen LogP contribution in [0.15, 0.2) is 35.1 Å². The Kier molecular flexibility index (Phi) is 2.59. The minimum absolute atomic E-state index is 0.0192. The second kappa shape index (κ2) is 4.14. The molecule has 1 aromatic carbocycles. The van der Waals surface area contributed by atoms with E-state index in [1.54, 1.807) is 0 Å². The van der Waals surface area contributed by atoms with Gasteiger partial charge in [0.15, 0.2) is 0 Å². The Morgan fingerprint density at radius 1 is 1.33 bits per heavy atom. The Balaban J connectivity index is 2.00. The second-order valence-corrected chi connectivity index (χ2v) is 5.21. The molecular formula is C14H17N3O. The fourth-order valence-electron chi connectivity index (χ4n) is 2.53. The molecule has 4 nitrogen and oxygen atoms in total. The summed E-state index contributed by atoms with van der Waals surface area (Å²) < 4.78 is 0. The molecule has 1 atom stereocenters. The number of hydrogen-bond acceptors (Lipinski definition) is 3. The summed E-state index contributed by atoms with van der Waals surface area (Å²) in [5.74, 6) is 0.796. The normalized spacial score (nSPS) is 23.4. The van der Waals surface area contributed by atoms with Crippen LogP contribution in [0.3, 0.4) is 0 Å². The number of benzene rings is 1. The summed E-state index contributed by atoms with van der Waals surface area (Å²) in [7, 11) is 0.